The predicted octanol–water partition coefficient (Wildman–Crippen LogP) is 1.36. The zero-order chi connectivity index (χ0) is 13.0. The third-order valence-corrected chi connectivity index (χ3v) is 2.82. The van der Waals surface area contributed by atoms with Crippen molar-refractivity contribution >= 4 is 17.0 Å². The minimum Gasteiger partial charge on any atom is -0.448 e. The normalized spacial score (nSPS) is 10.7. The molecule has 1 heterocycles. The zero-order valence-corrected chi connectivity index (χ0v) is 10.3. The summed E-state index contributed by atoms with van der Waals surface area (Å²) < 4.78 is 6.75. The van der Waals surface area contributed by atoms with E-state index in [0.29, 0.717) is 13.2 Å². The standard InChI is InChI=1S/C13H17N3O2/c1-16-9-10(8-15-6-7-18-13(14)17)11-4-2-3-5-12(11)16/h2-5,9,15H,6-8H2,1H3,(H2,14,17). The second-order valence-electron chi connectivity index (χ2n) is 4.13. The van der Waals surface area contributed by atoms with Crippen molar-refractivity contribution in [2.45, 2.75) is 6.54 Å². The highest BCUT2D eigenvalue weighted by atomic mass is 16.5. The number of hydrogen-bond donors (Lipinski definition) is 2. The zero-order valence-electron chi connectivity index (χ0n) is 10.3. The number of aromatic nitrogens is 1. The fraction of sp³-hybridized carbons (Fsp3) is 0.308. The van der Waals surface area contributed by atoms with Crippen LogP contribution in [0.1, 0.15) is 5.56 Å². The quantitative estimate of drug-likeness (QED) is 0.784. The highest BCUT2D eigenvalue weighted by Crippen LogP contribution is 2.19. The molecule has 18 heavy (non-hydrogen) atoms. The number of ether oxygens (including phenoxy) is 1. The van der Waals surface area contributed by atoms with Gasteiger partial charge in [0.05, 0.1) is 0 Å². The summed E-state index contributed by atoms with van der Waals surface area (Å²) in [5.74, 6) is 0. The minimum atomic E-state index is -0.734. The van der Waals surface area contributed by atoms with Gasteiger partial charge in [-0.15, -0.1) is 0 Å². The lowest BCUT2D eigenvalue weighted by Gasteiger charge is -2.03. The van der Waals surface area contributed by atoms with Gasteiger partial charge in [-0.3, -0.25) is 0 Å². The third-order valence-electron chi connectivity index (χ3n) is 2.82. The number of rotatable bonds is 5. The topological polar surface area (TPSA) is 69.3 Å². The largest absolute Gasteiger partial charge is 0.448 e. The fourth-order valence-electron chi connectivity index (χ4n) is 2.01. The van der Waals surface area contributed by atoms with E-state index in [1.54, 1.807) is 0 Å². The van der Waals surface area contributed by atoms with Crippen LogP contribution in [0.4, 0.5) is 4.79 Å². The van der Waals surface area contributed by atoms with Crippen LogP contribution in [0.2, 0.25) is 0 Å². The minimum absolute atomic E-state index is 0.292. The molecule has 0 unspecified atom stereocenters. The van der Waals surface area contributed by atoms with Crippen LogP contribution in [0.3, 0.4) is 0 Å². The molecule has 0 saturated carbocycles. The van der Waals surface area contributed by atoms with E-state index >= 15 is 0 Å². The van der Waals surface area contributed by atoms with Crippen molar-refractivity contribution in [2.75, 3.05) is 13.2 Å². The lowest BCUT2D eigenvalue weighted by atomic mass is 10.2. The van der Waals surface area contributed by atoms with Crippen LogP contribution in [0.25, 0.3) is 10.9 Å². The van der Waals surface area contributed by atoms with Crippen LogP contribution in [-0.4, -0.2) is 23.8 Å². The molecule has 0 spiro atoms. The second kappa shape index (κ2) is 5.55. The molecule has 1 aromatic carbocycles. The summed E-state index contributed by atoms with van der Waals surface area (Å²) in [6, 6.07) is 8.25. The van der Waals surface area contributed by atoms with Crippen molar-refractivity contribution in [3.05, 3.63) is 36.0 Å². The molecule has 0 bridgehead atoms. The number of nitrogens with zero attached hydrogens (tertiary/aromatic N) is 1. The smallest absolute Gasteiger partial charge is 0.404 e. The van der Waals surface area contributed by atoms with E-state index in [9.17, 15) is 4.79 Å². The van der Waals surface area contributed by atoms with Crippen LogP contribution < -0.4 is 11.1 Å². The first kappa shape index (κ1) is 12.4. The van der Waals surface area contributed by atoms with E-state index in [2.05, 4.69) is 33.0 Å². The van der Waals surface area contributed by atoms with Crippen molar-refractivity contribution in [1.29, 1.82) is 0 Å². The van der Waals surface area contributed by atoms with E-state index in [-0.39, 0.29) is 0 Å². The molecule has 0 radical (unpaired) electrons. The van der Waals surface area contributed by atoms with E-state index in [1.165, 1.54) is 16.5 Å². The first-order valence-electron chi connectivity index (χ1n) is 5.84. The summed E-state index contributed by atoms with van der Waals surface area (Å²) in [5.41, 5.74) is 7.31. The van der Waals surface area contributed by atoms with Gasteiger partial charge in [-0.1, -0.05) is 18.2 Å². The number of nitrogens with one attached hydrogen (secondary N) is 1. The van der Waals surface area contributed by atoms with Crippen molar-refractivity contribution in [2.24, 2.45) is 12.8 Å². The lowest BCUT2D eigenvalue weighted by molar-refractivity contribution is 0.157. The number of aryl methyl sites for hydroxylation is 1. The van der Waals surface area contributed by atoms with Crippen LogP contribution in [0, 0.1) is 0 Å². The number of fused-ring (bicyclic) bond motifs is 1. The average molecular weight is 247 g/mol. The van der Waals surface area contributed by atoms with Crippen LogP contribution in [-0.2, 0) is 18.3 Å². The monoisotopic (exact) mass is 247 g/mol. The molecule has 1 aromatic heterocycles. The Morgan fingerprint density at radius 3 is 3.00 bits per heavy atom. The van der Waals surface area contributed by atoms with Crippen LogP contribution >= 0.6 is 0 Å². The number of primary amides is 1. The van der Waals surface area contributed by atoms with Crippen molar-refractivity contribution in [3.8, 4) is 0 Å². The molecular weight excluding hydrogens is 230 g/mol. The molecule has 96 valence electrons. The van der Waals surface area contributed by atoms with E-state index in [1.807, 2.05) is 19.2 Å². The molecule has 5 nitrogen and oxygen atoms in total. The van der Waals surface area contributed by atoms with E-state index < -0.39 is 6.09 Å². The number of carbonyl (C=O) groups excluding carboxylic acids is 1. The second-order valence-corrected chi connectivity index (χ2v) is 4.13. The first-order valence-corrected chi connectivity index (χ1v) is 5.84. The Hall–Kier alpha value is -2.01. The molecule has 0 aliphatic heterocycles. The molecule has 0 aliphatic rings. The Bertz CT molecular complexity index is 548. The molecular formula is C13H17N3O2. The SMILES string of the molecule is Cn1cc(CNCCOC(N)=O)c2ccccc21. The third kappa shape index (κ3) is 2.81. The molecule has 0 aliphatic carbocycles. The average Bonchev–Trinajstić information content (AvgIpc) is 2.66. The molecule has 0 saturated heterocycles. The van der Waals surface area contributed by atoms with Gasteiger partial charge in [0.15, 0.2) is 0 Å². The van der Waals surface area contributed by atoms with Gasteiger partial charge in [0.1, 0.15) is 6.61 Å². The molecule has 2 rings (SSSR count). The Labute approximate surface area is 106 Å². The number of amides is 1. The summed E-state index contributed by atoms with van der Waals surface area (Å²) in [6.07, 6.45) is 1.37. The van der Waals surface area contributed by atoms with Gasteiger partial charge in [0.25, 0.3) is 0 Å². The summed E-state index contributed by atoms with van der Waals surface area (Å²) in [4.78, 5) is 10.4. The fourth-order valence-corrected chi connectivity index (χ4v) is 2.01. The van der Waals surface area contributed by atoms with Gasteiger partial charge in [0, 0.05) is 37.2 Å². The number of nitrogens with two attached hydrogens (primary N) is 1. The van der Waals surface area contributed by atoms with Gasteiger partial charge in [-0.2, -0.15) is 0 Å². The molecule has 5 heteroatoms. The van der Waals surface area contributed by atoms with Gasteiger partial charge in [-0.05, 0) is 11.6 Å². The maximum absolute atomic E-state index is 10.4. The summed E-state index contributed by atoms with van der Waals surface area (Å²) >= 11 is 0. The highest BCUT2D eigenvalue weighted by Gasteiger charge is 2.04. The van der Waals surface area contributed by atoms with Gasteiger partial charge < -0.3 is 20.4 Å². The summed E-state index contributed by atoms with van der Waals surface area (Å²) in [7, 11) is 2.03. The molecule has 2 aromatic rings. The van der Waals surface area contributed by atoms with E-state index in [4.69, 9.17) is 5.73 Å². The van der Waals surface area contributed by atoms with E-state index in [0.717, 1.165) is 6.54 Å². The lowest BCUT2D eigenvalue weighted by Crippen LogP contribution is -2.23. The highest BCUT2D eigenvalue weighted by molar-refractivity contribution is 5.83. The summed E-state index contributed by atoms with van der Waals surface area (Å²) in [5, 5.41) is 4.46. The van der Waals surface area contributed by atoms with Gasteiger partial charge >= 0.3 is 6.09 Å². The maximum atomic E-state index is 10.4. The Morgan fingerprint density at radius 1 is 1.44 bits per heavy atom. The molecule has 3 N–H and O–H groups in total. The molecule has 0 atom stereocenters. The number of para-hydroxylation sites is 1. The van der Waals surface area contributed by atoms with Crippen LogP contribution in [0.5, 0.6) is 0 Å². The first-order chi connectivity index (χ1) is 8.68. The van der Waals surface area contributed by atoms with Crippen molar-refractivity contribution in [3.63, 3.8) is 0 Å². The van der Waals surface area contributed by atoms with Crippen molar-refractivity contribution in [1.82, 2.24) is 9.88 Å². The number of benzene rings is 1. The predicted molar refractivity (Wildman–Crippen MR) is 70.2 cm³/mol. The Morgan fingerprint density at radius 2 is 2.22 bits per heavy atom. The van der Waals surface area contributed by atoms with Crippen molar-refractivity contribution < 1.29 is 9.53 Å². The Kier molecular flexibility index (Phi) is 3.84. The van der Waals surface area contributed by atoms with Gasteiger partial charge in [-0.25, -0.2) is 4.79 Å². The Balaban J connectivity index is 1.94. The molecule has 1 amide bonds. The molecule has 0 fully saturated rings. The van der Waals surface area contributed by atoms with Gasteiger partial charge in [0.2, 0.25) is 0 Å². The number of carbonyl (C=O) groups is 1. The summed E-state index contributed by atoms with van der Waals surface area (Å²) in [6.45, 7) is 1.62. The van der Waals surface area contributed by atoms with Crippen LogP contribution in [0.15, 0.2) is 30.5 Å². The maximum Gasteiger partial charge on any atom is 0.404 e. The number of hydrogen-bond acceptors (Lipinski definition) is 3.